The lowest BCUT2D eigenvalue weighted by atomic mass is 9.97. The van der Waals surface area contributed by atoms with Gasteiger partial charge in [-0.3, -0.25) is 0 Å². The van der Waals surface area contributed by atoms with Crippen LogP contribution in [0.5, 0.6) is 0 Å². The van der Waals surface area contributed by atoms with E-state index in [1.54, 1.807) is 6.20 Å². The number of hydrogen-bond donors (Lipinski definition) is 4. The first-order valence-corrected chi connectivity index (χ1v) is 5.77. The number of aliphatic hydroxyl groups excluding tert-OH is 2. The molecule has 0 aromatic carbocycles. The molecule has 1 aromatic rings. The van der Waals surface area contributed by atoms with E-state index in [0.717, 1.165) is 11.1 Å². The van der Waals surface area contributed by atoms with E-state index in [-0.39, 0.29) is 13.2 Å². The van der Waals surface area contributed by atoms with Gasteiger partial charge in [-0.1, -0.05) is 6.92 Å². The van der Waals surface area contributed by atoms with Crippen molar-refractivity contribution in [2.75, 3.05) is 18.5 Å². The van der Waals surface area contributed by atoms with Gasteiger partial charge < -0.3 is 21.3 Å². The van der Waals surface area contributed by atoms with Gasteiger partial charge in [-0.05, 0) is 25.0 Å². The maximum Gasteiger partial charge on any atom is 0.131 e. The number of aryl methyl sites for hydroxylation is 1. The van der Waals surface area contributed by atoms with E-state index in [0.29, 0.717) is 18.8 Å². The van der Waals surface area contributed by atoms with Crippen molar-refractivity contribution in [2.24, 2.45) is 5.73 Å². The summed E-state index contributed by atoms with van der Waals surface area (Å²) in [7, 11) is 0. The first kappa shape index (κ1) is 13.9. The number of rotatable bonds is 6. The Balaban J connectivity index is 3.05. The van der Waals surface area contributed by atoms with E-state index in [1.807, 2.05) is 19.9 Å². The molecule has 17 heavy (non-hydrogen) atoms. The van der Waals surface area contributed by atoms with Crippen LogP contribution in [-0.2, 0) is 6.54 Å². The number of nitrogens with zero attached hydrogens (tertiary/aromatic N) is 1. The van der Waals surface area contributed by atoms with Crippen LogP contribution in [0.2, 0.25) is 0 Å². The second kappa shape index (κ2) is 5.95. The van der Waals surface area contributed by atoms with Gasteiger partial charge in [-0.25, -0.2) is 4.98 Å². The molecule has 0 amide bonds. The van der Waals surface area contributed by atoms with Crippen molar-refractivity contribution in [3.63, 3.8) is 0 Å². The summed E-state index contributed by atoms with van der Waals surface area (Å²) in [6, 6.07) is 1.89. The van der Waals surface area contributed by atoms with Gasteiger partial charge in [0.2, 0.25) is 0 Å². The van der Waals surface area contributed by atoms with Gasteiger partial charge in [0.25, 0.3) is 0 Å². The Morgan fingerprint density at radius 2 is 2.06 bits per heavy atom. The highest BCUT2D eigenvalue weighted by Crippen LogP contribution is 2.21. The number of nitrogens with two attached hydrogens (primary N) is 1. The molecule has 5 nitrogen and oxygen atoms in total. The van der Waals surface area contributed by atoms with Crippen LogP contribution in [0.15, 0.2) is 12.3 Å². The van der Waals surface area contributed by atoms with E-state index in [4.69, 9.17) is 5.73 Å². The molecule has 0 saturated heterocycles. The SMILES string of the molecule is CCC(CO)(CO)Nc1nccc(C)c1CN. The zero-order valence-corrected chi connectivity index (χ0v) is 10.4. The molecule has 0 atom stereocenters. The molecule has 5 heteroatoms. The van der Waals surface area contributed by atoms with Crippen LogP contribution in [0.3, 0.4) is 0 Å². The second-order valence-corrected chi connectivity index (χ2v) is 4.23. The maximum absolute atomic E-state index is 9.39. The van der Waals surface area contributed by atoms with Crippen molar-refractivity contribution in [3.8, 4) is 0 Å². The van der Waals surface area contributed by atoms with Crippen molar-refractivity contribution >= 4 is 5.82 Å². The molecule has 1 rings (SSSR count). The molecule has 1 heterocycles. The summed E-state index contributed by atoms with van der Waals surface area (Å²) in [5.41, 5.74) is 6.90. The van der Waals surface area contributed by atoms with Crippen LogP contribution in [0, 0.1) is 6.92 Å². The molecule has 0 aliphatic rings. The fourth-order valence-electron chi connectivity index (χ4n) is 1.65. The molecule has 0 aliphatic carbocycles. The van der Waals surface area contributed by atoms with E-state index in [9.17, 15) is 10.2 Å². The van der Waals surface area contributed by atoms with Crippen LogP contribution in [0.4, 0.5) is 5.82 Å². The zero-order valence-electron chi connectivity index (χ0n) is 10.4. The fourth-order valence-corrected chi connectivity index (χ4v) is 1.65. The highest BCUT2D eigenvalue weighted by atomic mass is 16.3. The van der Waals surface area contributed by atoms with Gasteiger partial charge in [0.15, 0.2) is 0 Å². The molecule has 0 bridgehead atoms. The van der Waals surface area contributed by atoms with Crippen LogP contribution in [-0.4, -0.2) is 33.9 Å². The third kappa shape index (κ3) is 2.94. The van der Waals surface area contributed by atoms with Gasteiger partial charge in [-0.15, -0.1) is 0 Å². The highest BCUT2D eigenvalue weighted by Gasteiger charge is 2.27. The lowest BCUT2D eigenvalue weighted by Crippen LogP contribution is -2.45. The van der Waals surface area contributed by atoms with Crippen LogP contribution < -0.4 is 11.1 Å². The predicted octanol–water partition coefficient (Wildman–Crippen LogP) is 0.394. The summed E-state index contributed by atoms with van der Waals surface area (Å²) >= 11 is 0. The molecular formula is C12H21N3O2. The van der Waals surface area contributed by atoms with Crippen LogP contribution >= 0.6 is 0 Å². The average molecular weight is 239 g/mol. The highest BCUT2D eigenvalue weighted by molar-refractivity contribution is 5.49. The third-order valence-corrected chi connectivity index (χ3v) is 3.16. The van der Waals surface area contributed by atoms with Gasteiger partial charge in [-0.2, -0.15) is 0 Å². The van der Waals surface area contributed by atoms with Crippen LogP contribution in [0.25, 0.3) is 0 Å². The van der Waals surface area contributed by atoms with Crippen molar-refractivity contribution in [3.05, 3.63) is 23.4 Å². The minimum absolute atomic E-state index is 0.153. The molecule has 5 N–H and O–H groups in total. The fraction of sp³-hybridized carbons (Fsp3) is 0.583. The number of aliphatic hydroxyl groups is 2. The first-order valence-electron chi connectivity index (χ1n) is 5.77. The monoisotopic (exact) mass is 239 g/mol. The summed E-state index contributed by atoms with van der Waals surface area (Å²) in [4.78, 5) is 4.23. The van der Waals surface area contributed by atoms with E-state index < -0.39 is 5.54 Å². The minimum Gasteiger partial charge on any atom is -0.394 e. The average Bonchev–Trinajstić information content (AvgIpc) is 2.36. The molecule has 0 unspecified atom stereocenters. The van der Waals surface area contributed by atoms with Gasteiger partial charge >= 0.3 is 0 Å². The summed E-state index contributed by atoms with van der Waals surface area (Å²) in [6.45, 7) is 3.93. The molecule has 0 radical (unpaired) electrons. The number of aromatic nitrogens is 1. The summed E-state index contributed by atoms with van der Waals surface area (Å²) < 4.78 is 0. The molecule has 0 spiro atoms. The molecular weight excluding hydrogens is 218 g/mol. The molecule has 0 aliphatic heterocycles. The Morgan fingerprint density at radius 3 is 2.53 bits per heavy atom. The Bertz CT molecular complexity index is 357. The second-order valence-electron chi connectivity index (χ2n) is 4.23. The topological polar surface area (TPSA) is 91.4 Å². The largest absolute Gasteiger partial charge is 0.394 e. The number of pyridine rings is 1. The van der Waals surface area contributed by atoms with Gasteiger partial charge in [0, 0.05) is 18.3 Å². The number of nitrogens with one attached hydrogen (secondary N) is 1. The Morgan fingerprint density at radius 1 is 1.41 bits per heavy atom. The summed E-state index contributed by atoms with van der Waals surface area (Å²) in [5.74, 6) is 0.637. The molecule has 96 valence electrons. The minimum atomic E-state index is -0.745. The maximum atomic E-state index is 9.39. The zero-order chi connectivity index (χ0) is 12.9. The standard InChI is InChI=1S/C12H21N3O2/c1-3-12(7-16,8-17)15-11-10(6-13)9(2)4-5-14-11/h4-5,16-17H,3,6-8,13H2,1-2H3,(H,14,15). The third-order valence-electron chi connectivity index (χ3n) is 3.16. The molecule has 1 aromatic heterocycles. The van der Waals surface area contributed by atoms with Gasteiger partial charge in [0.05, 0.1) is 18.8 Å². The number of anilines is 1. The van der Waals surface area contributed by atoms with Crippen molar-refractivity contribution in [1.29, 1.82) is 0 Å². The number of hydrogen-bond acceptors (Lipinski definition) is 5. The Hall–Kier alpha value is -1.17. The quantitative estimate of drug-likeness (QED) is 0.576. The lowest BCUT2D eigenvalue weighted by molar-refractivity contribution is 0.132. The summed E-state index contributed by atoms with van der Waals surface area (Å²) in [5, 5.41) is 21.9. The van der Waals surface area contributed by atoms with Crippen molar-refractivity contribution < 1.29 is 10.2 Å². The normalized spacial score (nSPS) is 11.6. The first-order chi connectivity index (χ1) is 8.12. The van der Waals surface area contributed by atoms with Crippen molar-refractivity contribution in [2.45, 2.75) is 32.4 Å². The lowest BCUT2D eigenvalue weighted by Gasteiger charge is -2.31. The van der Waals surface area contributed by atoms with Crippen molar-refractivity contribution in [1.82, 2.24) is 4.98 Å². The van der Waals surface area contributed by atoms with E-state index in [1.165, 1.54) is 0 Å². The predicted molar refractivity (Wildman–Crippen MR) is 67.7 cm³/mol. The van der Waals surface area contributed by atoms with Gasteiger partial charge in [0.1, 0.15) is 5.82 Å². The van der Waals surface area contributed by atoms with E-state index >= 15 is 0 Å². The smallest absolute Gasteiger partial charge is 0.131 e. The Kier molecular flexibility index (Phi) is 4.86. The van der Waals surface area contributed by atoms with Crippen LogP contribution in [0.1, 0.15) is 24.5 Å². The molecule has 0 fully saturated rings. The molecule has 0 saturated carbocycles. The van der Waals surface area contributed by atoms with E-state index in [2.05, 4.69) is 10.3 Å². The Labute approximate surface area is 102 Å². The summed E-state index contributed by atoms with van der Waals surface area (Å²) in [6.07, 6.45) is 2.28.